The minimum atomic E-state index is 0.0405. The summed E-state index contributed by atoms with van der Waals surface area (Å²) in [6.07, 6.45) is 0.637. The molecule has 0 spiro atoms. The van der Waals surface area contributed by atoms with Crippen molar-refractivity contribution in [1.29, 1.82) is 0 Å². The number of amides is 1. The van der Waals surface area contributed by atoms with Crippen molar-refractivity contribution in [3.63, 3.8) is 0 Å². The fourth-order valence-corrected chi connectivity index (χ4v) is 0.495. The van der Waals surface area contributed by atoms with Crippen LogP contribution in [0, 0.1) is 5.92 Å². The van der Waals surface area contributed by atoms with Gasteiger partial charge in [0.25, 0.3) is 0 Å². The molecule has 0 bridgehead atoms. The number of carbonyl (C=O) groups is 1. The topological polar surface area (TPSA) is 69.6 Å². The molecule has 0 aliphatic heterocycles. The van der Waals surface area contributed by atoms with Crippen LogP contribution in [0.15, 0.2) is 0 Å². The Morgan fingerprint density at radius 1 is 1.42 bits per heavy atom. The van der Waals surface area contributed by atoms with Gasteiger partial charge in [0.1, 0.15) is 0 Å². The second-order valence-electron chi connectivity index (χ2n) is 2.52. The molecule has 1 amide bonds. The van der Waals surface area contributed by atoms with Gasteiger partial charge in [0.2, 0.25) is 5.91 Å². The quantitative estimate of drug-likeness (QED) is 0.519. The van der Waals surface area contributed by atoms with Gasteiger partial charge in [-0.05, 0) is 6.42 Å². The van der Waals surface area contributed by atoms with Crippen LogP contribution in [0.1, 0.15) is 20.3 Å². The Bertz CT molecular complexity index is 104. The van der Waals surface area contributed by atoms with Crippen molar-refractivity contribution in [2.45, 2.75) is 20.3 Å². The monoisotopic (exact) mass is 177 g/mol. The average molecular weight is 177 g/mol. The zero-order valence-corrected chi connectivity index (χ0v) is 8.00. The molecule has 0 fully saturated rings. The SMILES string of the molecule is CC(C)C(=O)NCCCO.CO. The molecule has 0 aliphatic rings. The van der Waals surface area contributed by atoms with E-state index >= 15 is 0 Å². The lowest BCUT2D eigenvalue weighted by Gasteiger charge is -2.05. The molecule has 4 heteroatoms. The molecule has 0 heterocycles. The number of nitrogens with one attached hydrogen (secondary N) is 1. The maximum atomic E-state index is 10.8. The first kappa shape index (κ1) is 13.9. The normalized spacial score (nSPS) is 8.83. The van der Waals surface area contributed by atoms with Crippen LogP contribution in [0.3, 0.4) is 0 Å². The Kier molecular flexibility index (Phi) is 12.1. The van der Waals surface area contributed by atoms with Crippen LogP contribution in [-0.2, 0) is 4.79 Å². The lowest BCUT2D eigenvalue weighted by molar-refractivity contribution is -0.123. The van der Waals surface area contributed by atoms with Gasteiger partial charge in [0.05, 0.1) is 0 Å². The summed E-state index contributed by atoms with van der Waals surface area (Å²) in [6.45, 7) is 4.40. The highest BCUT2D eigenvalue weighted by Crippen LogP contribution is 1.89. The fourth-order valence-electron chi connectivity index (χ4n) is 0.495. The van der Waals surface area contributed by atoms with Crippen molar-refractivity contribution < 1.29 is 15.0 Å². The number of rotatable bonds is 4. The summed E-state index contributed by atoms with van der Waals surface area (Å²) < 4.78 is 0. The van der Waals surface area contributed by atoms with Gasteiger partial charge in [-0.25, -0.2) is 0 Å². The van der Waals surface area contributed by atoms with Gasteiger partial charge in [-0.1, -0.05) is 13.8 Å². The maximum Gasteiger partial charge on any atom is 0.222 e. The lowest BCUT2D eigenvalue weighted by atomic mass is 10.2. The second kappa shape index (κ2) is 10.4. The number of hydrogen-bond donors (Lipinski definition) is 3. The highest BCUT2D eigenvalue weighted by atomic mass is 16.3. The molecule has 0 radical (unpaired) electrons. The predicted molar refractivity (Wildman–Crippen MR) is 47.7 cm³/mol. The standard InChI is InChI=1S/C7H15NO2.CH4O/c1-6(2)7(10)8-4-3-5-9;1-2/h6,9H,3-5H2,1-2H3,(H,8,10);2H,1H3. The van der Waals surface area contributed by atoms with Gasteiger partial charge in [0, 0.05) is 26.2 Å². The molecule has 0 unspecified atom stereocenters. The molecule has 4 nitrogen and oxygen atoms in total. The van der Waals surface area contributed by atoms with Gasteiger partial charge in [-0.3, -0.25) is 4.79 Å². The summed E-state index contributed by atoms with van der Waals surface area (Å²) in [5.41, 5.74) is 0. The highest BCUT2D eigenvalue weighted by molar-refractivity contribution is 5.77. The van der Waals surface area contributed by atoms with E-state index < -0.39 is 0 Å². The summed E-state index contributed by atoms with van der Waals surface area (Å²) in [6, 6.07) is 0. The molecule has 74 valence electrons. The minimum Gasteiger partial charge on any atom is -0.400 e. The van der Waals surface area contributed by atoms with Gasteiger partial charge < -0.3 is 15.5 Å². The summed E-state index contributed by atoms with van der Waals surface area (Å²) in [4.78, 5) is 10.8. The molecule has 0 rings (SSSR count). The van der Waals surface area contributed by atoms with Crippen molar-refractivity contribution in [3.05, 3.63) is 0 Å². The average Bonchev–Trinajstić information content (AvgIpc) is 2.08. The van der Waals surface area contributed by atoms with E-state index in [0.717, 1.165) is 7.11 Å². The molecule has 0 atom stereocenters. The summed E-state index contributed by atoms with van der Waals surface area (Å²) in [5, 5.41) is 18.1. The van der Waals surface area contributed by atoms with E-state index in [2.05, 4.69) is 5.32 Å². The largest absolute Gasteiger partial charge is 0.400 e. The molecule has 12 heavy (non-hydrogen) atoms. The van der Waals surface area contributed by atoms with Crippen LogP contribution in [0.2, 0.25) is 0 Å². The van der Waals surface area contributed by atoms with Crippen molar-refractivity contribution in [2.24, 2.45) is 5.92 Å². The van der Waals surface area contributed by atoms with Crippen LogP contribution in [0.25, 0.3) is 0 Å². The van der Waals surface area contributed by atoms with Crippen LogP contribution in [0.5, 0.6) is 0 Å². The second-order valence-corrected chi connectivity index (χ2v) is 2.52. The molecular weight excluding hydrogens is 158 g/mol. The van der Waals surface area contributed by atoms with Gasteiger partial charge in [-0.15, -0.1) is 0 Å². The van der Waals surface area contributed by atoms with Crippen molar-refractivity contribution in [2.75, 3.05) is 20.3 Å². The number of aliphatic hydroxyl groups is 2. The van der Waals surface area contributed by atoms with Crippen LogP contribution in [-0.4, -0.2) is 36.4 Å². The predicted octanol–water partition coefficient (Wildman–Crippen LogP) is -0.251. The molecule has 0 saturated heterocycles. The van der Waals surface area contributed by atoms with Gasteiger partial charge in [0.15, 0.2) is 0 Å². The van der Waals surface area contributed by atoms with Crippen LogP contribution < -0.4 is 5.32 Å². The van der Waals surface area contributed by atoms with Gasteiger partial charge >= 0.3 is 0 Å². The van der Waals surface area contributed by atoms with Crippen LogP contribution >= 0.6 is 0 Å². The molecule has 0 aromatic carbocycles. The summed E-state index contributed by atoms with van der Waals surface area (Å²) in [5.74, 6) is 0.0899. The first-order chi connectivity index (χ1) is 5.68. The molecule has 0 aromatic heterocycles. The van der Waals surface area contributed by atoms with E-state index in [1.165, 1.54) is 0 Å². The molecule has 0 saturated carbocycles. The third-order valence-corrected chi connectivity index (χ3v) is 1.16. The first-order valence-electron chi connectivity index (χ1n) is 4.01. The number of carbonyl (C=O) groups excluding carboxylic acids is 1. The zero-order valence-electron chi connectivity index (χ0n) is 8.00. The Morgan fingerprint density at radius 3 is 2.25 bits per heavy atom. The molecular formula is C8H19NO3. The van der Waals surface area contributed by atoms with Crippen LogP contribution in [0.4, 0.5) is 0 Å². The maximum absolute atomic E-state index is 10.8. The summed E-state index contributed by atoms with van der Waals surface area (Å²) >= 11 is 0. The van der Waals surface area contributed by atoms with E-state index in [1.54, 1.807) is 0 Å². The third-order valence-electron chi connectivity index (χ3n) is 1.16. The highest BCUT2D eigenvalue weighted by Gasteiger charge is 2.03. The number of hydrogen-bond acceptors (Lipinski definition) is 3. The van der Waals surface area contributed by atoms with Crippen molar-refractivity contribution in [3.8, 4) is 0 Å². The first-order valence-corrected chi connectivity index (χ1v) is 4.01. The van der Waals surface area contributed by atoms with E-state index in [9.17, 15) is 4.79 Å². The Morgan fingerprint density at radius 2 is 1.92 bits per heavy atom. The lowest BCUT2D eigenvalue weighted by Crippen LogP contribution is -2.28. The third kappa shape index (κ3) is 9.39. The van der Waals surface area contributed by atoms with E-state index in [4.69, 9.17) is 10.2 Å². The Balaban J connectivity index is 0. The molecule has 0 aliphatic carbocycles. The molecule has 0 aromatic rings. The smallest absolute Gasteiger partial charge is 0.222 e. The Labute approximate surface area is 73.6 Å². The number of aliphatic hydroxyl groups excluding tert-OH is 2. The summed E-state index contributed by atoms with van der Waals surface area (Å²) in [7, 11) is 1.00. The van der Waals surface area contributed by atoms with E-state index in [0.29, 0.717) is 13.0 Å². The van der Waals surface area contributed by atoms with Crippen molar-refractivity contribution in [1.82, 2.24) is 5.32 Å². The van der Waals surface area contributed by atoms with Gasteiger partial charge in [-0.2, -0.15) is 0 Å². The zero-order chi connectivity index (χ0) is 9.98. The van der Waals surface area contributed by atoms with Crippen molar-refractivity contribution >= 4 is 5.91 Å². The minimum absolute atomic E-state index is 0.0405. The fraction of sp³-hybridized carbons (Fsp3) is 0.875. The van der Waals surface area contributed by atoms with E-state index in [-0.39, 0.29) is 18.4 Å². The molecule has 3 N–H and O–H groups in total. The van der Waals surface area contributed by atoms with E-state index in [1.807, 2.05) is 13.8 Å². The Hall–Kier alpha value is -0.610.